The van der Waals surface area contributed by atoms with E-state index in [0.717, 1.165) is 22.7 Å². The molecule has 0 bridgehead atoms. The van der Waals surface area contributed by atoms with E-state index in [1.807, 2.05) is 0 Å². The molecule has 0 radical (unpaired) electrons. The summed E-state index contributed by atoms with van der Waals surface area (Å²) in [6, 6.07) is 0.855. The van der Waals surface area contributed by atoms with Crippen molar-refractivity contribution in [1.82, 2.24) is 0 Å². The fraction of sp³-hybridized carbons (Fsp3) is 1.00. The van der Waals surface area contributed by atoms with Crippen LogP contribution in [0.5, 0.6) is 0 Å². The van der Waals surface area contributed by atoms with Crippen molar-refractivity contribution < 1.29 is 13.3 Å². The van der Waals surface area contributed by atoms with Crippen LogP contribution in [-0.2, 0) is 13.3 Å². The van der Waals surface area contributed by atoms with Gasteiger partial charge in [-0.15, -0.1) is 0 Å². The van der Waals surface area contributed by atoms with E-state index in [2.05, 4.69) is 12.6 Å². The molecule has 0 spiro atoms. The first-order valence-corrected chi connectivity index (χ1v) is 7.54. The lowest BCUT2D eigenvalue weighted by atomic mass is 10.6. The first-order valence-electron chi connectivity index (χ1n) is 3.93. The standard InChI is InChI=1S/C6H18O3SSi2/c1-7-12(8-2,9-3)5-4-6(10)11/h6,10H,4-5H2,1-3,11H3. The first-order chi connectivity index (χ1) is 5.60. The van der Waals surface area contributed by atoms with Gasteiger partial charge in [0.25, 0.3) is 0 Å². The molecule has 0 saturated carbocycles. The Balaban J connectivity index is 3.93. The molecule has 0 aromatic carbocycles. The largest absolute Gasteiger partial charge is 0.500 e. The van der Waals surface area contributed by atoms with E-state index in [4.69, 9.17) is 13.3 Å². The Morgan fingerprint density at radius 3 is 1.92 bits per heavy atom. The highest BCUT2D eigenvalue weighted by Crippen LogP contribution is 2.16. The van der Waals surface area contributed by atoms with E-state index in [1.54, 1.807) is 21.3 Å². The Kier molecular flexibility index (Phi) is 6.51. The molecule has 12 heavy (non-hydrogen) atoms. The summed E-state index contributed by atoms with van der Waals surface area (Å²) in [5.41, 5.74) is 0. The molecule has 0 saturated heterocycles. The molecule has 0 aliphatic rings. The molecule has 0 aliphatic heterocycles. The van der Waals surface area contributed by atoms with Gasteiger partial charge in [0.2, 0.25) is 0 Å². The van der Waals surface area contributed by atoms with E-state index in [9.17, 15) is 0 Å². The average molecular weight is 226 g/mol. The minimum atomic E-state index is -2.31. The Labute approximate surface area is 84.0 Å². The van der Waals surface area contributed by atoms with Crippen molar-refractivity contribution in [2.24, 2.45) is 0 Å². The third-order valence-electron chi connectivity index (χ3n) is 1.80. The molecule has 0 N–H and O–H groups in total. The topological polar surface area (TPSA) is 27.7 Å². The van der Waals surface area contributed by atoms with Gasteiger partial charge in [0.05, 0.1) is 0 Å². The van der Waals surface area contributed by atoms with Crippen molar-refractivity contribution in [2.75, 3.05) is 21.3 Å². The molecule has 0 heterocycles. The van der Waals surface area contributed by atoms with Crippen LogP contribution in [0.2, 0.25) is 6.04 Å². The fourth-order valence-corrected chi connectivity index (χ4v) is 4.08. The average Bonchev–Trinajstić information content (AvgIpc) is 2.08. The summed E-state index contributed by atoms with van der Waals surface area (Å²) < 4.78 is 15.8. The molecule has 0 amide bonds. The molecule has 0 fully saturated rings. The van der Waals surface area contributed by atoms with Gasteiger partial charge in [-0.2, -0.15) is 12.6 Å². The maximum Gasteiger partial charge on any atom is 0.500 e. The van der Waals surface area contributed by atoms with Gasteiger partial charge in [-0.25, -0.2) is 0 Å². The number of rotatable bonds is 6. The second kappa shape index (κ2) is 6.17. The predicted molar refractivity (Wildman–Crippen MR) is 58.9 cm³/mol. The molecule has 3 nitrogen and oxygen atoms in total. The normalized spacial score (nSPS) is 15.0. The summed E-state index contributed by atoms with van der Waals surface area (Å²) in [6.45, 7) is 0. The molecule has 0 aliphatic carbocycles. The zero-order chi connectivity index (χ0) is 9.61. The minimum absolute atomic E-state index is 0.498. The van der Waals surface area contributed by atoms with Crippen LogP contribution in [0.4, 0.5) is 0 Å². The highest BCUT2D eigenvalue weighted by atomic mass is 32.1. The van der Waals surface area contributed by atoms with Crippen LogP contribution in [-0.4, -0.2) is 45.2 Å². The smallest absolute Gasteiger partial charge is 0.377 e. The second-order valence-electron chi connectivity index (χ2n) is 2.68. The zero-order valence-electron chi connectivity index (χ0n) is 8.16. The van der Waals surface area contributed by atoms with Gasteiger partial charge in [-0.1, -0.05) is 0 Å². The van der Waals surface area contributed by atoms with E-state index in [0.29, 0.717) is 4.87 Å². The lowest BCUT2D eigenvalue weighted by molar-refractivity contribution is 0.123. The monoisotopic (exact) mass is 226 g/mol. The van der Waals surface area contributed by atoms with Gasteiger partial charge in [-0.05, 0) is 11.3 Å². The Morgan fingerprint density at radius 2 is 1.67 bits per heavy atom. The molecule has 0 aromatic rings. The lowest BCUT2D eigenvalue weighted by Crippen LogP contribution is -2.43. The molecular weight excluding hydrogens is 208 g/mol. The number of hydrogen-bond acceptors (Lipinski definition) is 4. The van der Waals surface area contributed by atoms with Crippen molar-refractivity contribution in [1.29, 1.82) is 0 Å². The third-order valence-corrected chi connectivity index (χ3v) is 5.40. The van der Waals surface area contributed by atoms with E-state index < -0.39 is 8.80 Å². The molecule has 74 valence electrons. The maximum atomic E-state index is 5.26. The zero-order valence-corrected chi connectivity index (χ0v) is 12.1. The van der Waals surface area contributed by atoms with Crippen molar-refractivity contribution in [2.45, 2.75) is 17.3 Å². The molecule has 0 rings (SSSR count). The molecule has 1 atom stereocenters. The van der Waals surface area contributed by atoms with Crippen LogP contribution in [0, 0.1) is 0 Å². The lowest BCUT2D eigenvalue weighted by Gasteiger charge is -2.24. The van der Waals surface area contributed by atoms with Crippen LogP contribution >= 0.6 is 12.6 Å². The summed E-state index contributed by atoms with van der Waals surface area (Å²) in [7, 11) is 3.70. The summed E-state index contributed by atoms with van der Waals surface area (Å²) in [5, 5.41) is 0. The van der Waals surface area contributed by atoms with Gasteiger partial charge >= 0.3 is 8.80 Å². The minimum Gasteiger partial charge on any atom is -0.377 e. The van der Waals surface area contributed by atoms with Gasteiger partial charge < -0.3 is 13.3 Å². The van der Waals surface area contributed by atoms with Crippen LogP contribution in [0.1, 0.15) is 6.42 Å². The van der Waals surface area contributed by atoms with E-state index in [-0.39, 0.29) is 0 Å². The SMILES string of the molecule is CO[Si](CCC([SiH3])S)(OC)OC. The maximum absolute atomic E-state index is 5.26. The molecule has 1 unspecified atom stereocenters. The van der Waals surface area contributed by atoms with Crippen molar-refractivity contribution in [3.05, 3.63) is 0 Å². The van der Waals surface area contributed by atoms with Gasteiger partial charge in [0.1, 0.15) is 0 Å². The first kappa shape index (κ1) is 12.7. The van der Waals surface area contributed by atoms with Crippen LogP contribution in [0.15, 0.2) is 0 Å². The fourth-order valence-electron chi connectivity index (χ4n) is 0.942. The van der Waals surface area contributed by atoms with Crippen LogP contribution in [0.25, 0.3) is 0 Å². The van der Waals surface area contributed by atoms with E-state index in [1.165, 1.54) is 0 Å². The van der Waals surface area contributed by atoms with Crippen molar-refractivity contribution in [3.63, 3.8) is 0 Å². The van der Waals surface area contributed by atoms with Gasteiger partial charge in [0.15, 0.2) is 0 Å². The highest BCUT2D eigenvalue weighted by Gasteiger charge is 2.37. The molecular formula is C6H18O3SSi2. The van der Waals surface area contributed by atoms with Gasteiger partial charge in [-0.3, -0.25) is 0 Å². The summed E-state index contributed by atoms with van der Waals surface area (Å²) in [5.74, 6) is 0. The van der Waals surface area contributed by atoms with Gasteiger partial charge in [0, 0.05) is 37.6 Å². The predicted octanol–water partition coefficient (Wildman–Crippen LogP) is -0.124. The third kappa shape index (κ3) is 4.06. The Bertz CT molecular complexity index is 111. The quantitative estimate of drug-likeness (QED) is 0.505. The second-order valence-corrected chi connectivity index (χ2v) is 9.02. The van der Waals surface area contributed by atoms with E-state index >= 15 is 0 Å². The van der Waals surface area contributed by atoms with Crippen molar-refractivity contribution in [3.8, 4) is 0 Å². The van der Waals surface area contributed by atoms with Crippen LogP contribution in [0.3, 0.4) is 0 Å². The molecule has 0 aromatic heterocycles. The summed E-state index contributed by atoms with van der Waals surface area (Å²) >= 11 is 4.34. The van der Waals surface area contributed by atoms with Crippen molar-refractivity contribution >= 4 is 31.7 Å². The Morgan fingerprint density at radius 1 is 1.25 bits per heavy atom. The number of hydrogen-bond donors (Lipinski definition) is 1. The van der Waals surface area contributed by atoms with Crippen LogP contribution < -0.4 is 0 Å². The summed E-state index contributed by atoms with van der Waals surface area (Å²) in [6.07, 6.45) is 1.01. The molecule has 6 heteroatoms. The highest BCUT2D eigenvalue weighted by molar-refractivity contribution is 7.82. The Hall–Kier alpha value is 0.664. The summed E-state index contributed by atoms with van der Waals surface area (Å²) in [4.78, 5) is 0.498. The number of thiol groups is 1.